The number of halogens is 1. The Bertz CT molecular complexity index is 227. The number of quaternary nitrogens is 1. The van der Waals surface area contributed by atoms with Crippen molar-refractivity contribution >= 4 is 5.97 Å². The highest BCUT2D eigenvalue weighted by Crippen LogP contribution is 2.02. The molecule has 0 N–H and O–H groups in total. The monoisotopic (exact) mass is 341 g/mol. The van der Waals surface area contributed by atoms with Crippen LogP contribution in [0, 0.1) is 0 Å². The van der Waals surface area contributed by atoms with E-state index in [4.69, 9.17) is 4.74 Å². The van der Waals surface area contributed by atoms with Crippen molar-refractivity contribution in [2.24, 2.45) is 0 Å². The van der Waals surface area contributed by atoms with Gasteiger partial charge in [0.25, 0.3) is 0 Å². The van der Waals surface area contributed by atoms with E-state index in [-0.39, 0.29) is 29.9 Å². The summed E-state index contributed by atoms with van der Waals surface area (Å²) in [6.45, 7) is 10.1. The lowest BCUT2D eigenvalue weighted by molar-refractivity contribution is -0.888. The molecule has 0 saturated heterocycles. The SMILES string of the molecule is C=C(C)C(=O)OCCCC[N+](C)(C)CC.[I-]. The fourth-order valence-corrected chi connectivity index (χ4v) is 1.09. The zero-order chi connectivity index (χ0) is 11.9. The van der Waals surface area contributed by atoms with Gasteiger partial charge in [0.05, 0.1) is 33.8 Å². The maximum atomic E-state index is 11.0. The van der Waals surface area contributed by atoms with Gasteiger partial charge >= 0.3 is 5.97 Å². The normalized spacial score (nSPS) is 10.5. The molecule has 0 aliphatic rings. The van der Waals surface area contributed by atoms with Gasteiger partial charge in [-0.05, 0) is 26.7 Å². The number of carbonyl (C=O) groups excluding carboxylic acids is 1. The Morgan fingerprint density at radius 2 is 1.88 bits per heavy atom. The molecule has 0 spiro atoms. The molecule has 0 aliphatic heterocycles. The van der Waals surface area contributed by atoms with E-state index in [9.17, 15) is 4.79 Å². The molecular weight excluding hydrogens is 317 g/mol. The Balaban J connectivity index is 0. The molecule has 0 aliphatic carbocycles. The topological polar surface area (TPSA) is 26.3 Å². The average molecular weight is 341 g/mol. The minimum Gasteiger partial charge on any atom is -1.00 e. The summed E-state index contributed by atoms with van der Waals surface area (Å²) in [7, 11) is 4.42. The molecule has 0 rings (SSSR count). The van der Waals surface area contributed by atoms with E-state index in [2.05, 4.69) is 27.6 Å². The van der Waals surface area contributed by atoms with Gasteiger partial charge in [0.15, 0.2) is 0 Å². The summed E-state index contributed by atoms with van der Waals surface area (Å²) < 4.78 is 6.03. The minimum absolute atomic E-state index is 0. The lowest BCUT2D eigenvalue weighted by Crippen LogP contribution is -3.00. The third kappa shape index (κ3) is 9.15. The molecule has 4 heteroatoms. The fraction of sp³-hybridized carbons (Fsp3) is 0.750. The van der Waals surface area contributed by atoms with E-state index in [1.54, 1.807) is 6.92 Å². The van der Waals surface area contributed by atoms with Crippen LogP contribution in [0.25, 0.3) is 0 Å². The molecule has 16 heavy (non-hydrogen) atoms. The first-order valence-electron chi connectivity index (χ1n) is 5.53. The molecular formula is C12H24INO2. The molecule has 0 aromatic rings. The molecule has 0 amide bonds. The summed E-state index contributed by atoms with van der Waals surface area (Å²) in [5.41, 5.74) is 0.472. The van der Waals surface area contributed by atoms with Gasteiger partial charge in [-0.25, -0.2) is 4.79 Å². The molecule has 0 radical (unpaired) electrons. The highest BCUT2D eigenvalue weighted by molar-refractivity contribution is 5.86. The van der Waals surface area contributed by atoms with Crippen LogP contribution >= 0.6 is 0 Å². The van der Waals surface area contributed by atoms with Gasteiger partial charge in [-0.2, -0.15) is 0 Å². The molecule has 0 fully saturated rings. The van der Waals surface area contributed by atoms with Crippen LogP contribution in [-0.4, -0.2) is 44.2 Å². The molecule has 0 saturated carbocycles. The van der Waals surface area contributed by atoms with Crippen LogP contribution < -0.4 is 24.0 Å². The Morgan fingerprint density at radius 1 is 1.31 bits per heavy atom. The second-order valence-corrected chi connectivity index (χ2v) is 4.60. The summed E-state index contributed by atoms with van der Waals surface area (Å²) >= 11 is 0. The quantitative estimate of drug-likeness (QED) is 0.195. The number of esters is 1. The van der Waals surface area contributed by atoms with Crippen molar-refractivity contribution in [3.05, 3.63) is 12.2 Å². The summed E-state index contributed by atoms with van der Waals surface area (Å²) in [4.78, 5) is 11.0. The number of hydrogen-bond acceptors (Lipinski definition) is 2. The van der Waals surface area contributed by atoms with E-state index in [0.717, 1.165) is 30.4 Å². The van der Waals surface area contributed by atoms with Crippen molar-refractivity contribution in [1.82, 2.24) is 0 Å². The molecule has 0 atom stereocenters. The van der Waals surface area contributed by atoms with Crippen LogP contribution in [0.4, 0.5) is 0 Å². The van der Waals surface area contributed by atoms with Gasteiger partial charge in [0.2, 0.25) is 0 Å². The predicted octanol–water partition coefficient (Wildman–Crippen LogP) is -1.01. The van der Waals surface area contributed by atoms with Gasteiger partial charge in [-0.1, -0.05) is 6.58 Å². The summed E-state index contributed by atoms with van der Waals surface area (Å²) in [5.74, 6) is -0.278. The summed E-state index contributed by atoms with van der Waals surface area (Å²) in [5, 5.41) is 0. The third-order valence-electron chi connectivity index (χ3n) is 2.60. The molecule has 0 aromatic carbocycles. The van der Waals surface area contributed by atoms with Gasteiger partial charge in [0.1, 0.15) is 0 Å². The Morgan fingerprint density at radius 3 is 2.31 bits per heavy atom. The molecule has 0 bridgehead atoms. The number of ether oxygens (including phenoxy) is 1. The van der Waals surface area contributed by atoms with Crippen molar-refractivity contribution in [1.29, 1.82) is 0 Å². The molecule has 0 heterocycles. The van der Waals surface area contributed by atoms with E-state index in [0.29, 0.717) is 12.2 Å². The minimum atomic E-state index is -0.278. The zero-order valence-corrected chi connectivity index (χ0v) is 13.0. The predicted molar refractivity (Wildman–Crippen MR) is 62.5 cm³/mol. The molecule has 96 valence electrons. The smallest absolute Gasteiger partial charge is 0.333 e. The number of nitrogens with zero attached hydrogens (tertiary/aromatic N) is 1. The number of unbranched alkanes of at least 4 members (excludes halogenated alkanes) is 1. The second kappa shape index (κ2) is 8.98. The number of carbonyl (C=O) groups is 1. The standard InChI is InChI=1S/C12H24NO2.HI/c1-6-13(4,5)9-7-8-10-15-12(14)11(2)3;/h2,6-10H2,1,3-5H3;1H/q+1;/p-1. The van der Waals surface area contributed by atoms with Gasteiger partial charge in [0, 0.05) is 5.57 Å². The first kappa shape index (κ1) is 18.3. The van der Waals surface area contributed by atoms with Crippen molar-refractivity contribution in [2.45, 2.75) is 26.7 Å². The van der Waals surface area contributed by atoms with Crippen LogP contribution in [0.5, 0.6) is 0 Å². The molecule has 0 unspecified atom stereocenters. The fourth-order valence-electron chi connectivity index (χ4n) is 1.09. The first-order chi connectivity index (χ1) is 6.89. The Kier molecular flexibility index (Phi) is 10.3. The maximum Gasteiger partial charge on any atom is 0.333 e. The van der Waals surface area contributed by atoms with Crippen molar-refractivity contribution in [3.63, 3.8) is 0 Å². The van der Waals surface area contributed by atoms with Crippen LogP contribution in [0.1, 0.15) is 26.7 Å². The maximum absolute atomic E-state index is 11.0. The lowest BCUT2D eigenvalue weighted by atomic mass is 10.3. The van der Waals surface area contributed by atoms with E-state index in [1.165, 1.54) is 0 Å². The Hall–Kier alpha value is -0.100. The van der Waals surface area contributed by atoms with Crippen LogP contribution in [-0.2, 0) is 9.53 Å². The average Bonchev–Trinajstić information content (AvgIpc) is 2.16. The second-order valence-electron chi connectivity index (χ2n) is 4.60. The highest BCUT2D eigenvalue weighted by Gasteiger charge is 2.10. The largest absolute Gasteiger partial charge is 1.00 e. The van der Waals surface area contributed by atoms with Crippen LogP contribution in [0.2, 0.25) is 0 Å². The van der Waals surface area contributed by atoms with E-state index < -0.39 is 0 Å². The third-order valence-corrected chi connectivity index (χ3v) is 2.60. The lowest BCUT2D eigenvalue weighted by Gasteiger charge is -2.28. The van der Waals surface area contributed by atoms with Crippen molar-refractivity contribution in [3.8, 4) is 0 Å². The first-order valence-corrected chi connectivity index (χ1v) is 5.53. The summed E-state index contributed by atoms with van der Waals surface area (Å²) in [6, 6.07) is 0. The van der Waals surface area contributed by atoms with Gasteiger partial charge in [-0.15, -0.1) is 0 Å². The highest BCUT2D eigenvalue weighted by atomic mass is 127. The summed E-state index contributed by atoms with van der Waals surface area (Å²) in [6.07, 6.45) is 2.02. The van der Waals surface area contributed by atoms with Crippen LogP contribution in [0.3, 0.4) is 0 Å². The van der Waals surface area contributed by atoms with E-state index >= 15 is 0 Å². The zero-order valence-electron chi connectivity index (χ0n) is 10.9. The van der Waals surface area contributed by atoms with Gasteiger partial charge < -0.3 is 33.2 Å². The van der Waals surface area contributed by atoms with E-state index in [1.807, 2.05) is 0 Å². The van der Waals surface area contributed by atoms with Crippen LogP contribution in [0.15, 0.2) is 12.2 Å². The van der Waals surface area contributed by atoms with Crippen molar-refractivity contribution in [2.75, 3.05) is 33.8 Å². The molecule has 0 aromatic heterocycles. The van der Waals surface area contributed by atoms with Crippen molar-refractivity contribution < 1.29 is 38.0 Å². The molecule has 3 nitrogen and oxygen atoms in total. The van der Waals surface area contributed by atoms with Gasteiger partial charge in [-0.3, -0.25) is 0 Å². The number of hydrogen-bond donors (Lipinski definition) is 0. The number of rotatable bonds is 7. The Labute approximate surface area is 116 Å².